The third-order valence-corrected chi connectivity index (χ3v) is 3.42. The number of hydrogen-bond donors (Lipinski definition) is 2. The van der Waals surface area contributed by atoms with Crippen LogP contribution in [-0.4, -0.2) is 66.5 Å². The Morgan fingerprint density at radius 3 is 2.50 bits per heavy atom. The molecule has 0 fully saturated rings. The van der Waals surface area contributed by atoms with Crippen LogP contribution in [0.1, 0.15) is 17.8 Å². The minimum Gasteiger partial charge on any atom is -0.356 e. The fourth-order valence-corrected chi connectivity index (χ4v) is 2.21. The van der Waals surface area contributed by atoms with Gasteiger partial charge in [0.1, 0.15) is 6.54 Å². The first-order valence-electron chi connectivity index (χ1n) is 7.88. The van der Waals surface area contributed by atoms with Crippen molar-refractivity contribution in [3.8, 4) is 0 Å². The summed E-state index contributed by atoms with van der Waals surface area (Å²) in [6.45, 7) is 3.70. The summed E-state index contributed by atoms with van der Waals surface area (Å²) in [5.41, 5.74) is 2.04. The van der Waals surface area contributed by atoms with Gasteiger partial charge in [-0.05, 0) is 26.3 Å². The van der Waals surface area contributed by atoms with Crippen molar-refractivity contribution >= 4 is 35.8 Å². The van der Waals surface area contributed by atoms with Gasteiger partial charge in [-0.3, -0.25) is 14.5 Å². The summed E-state index contributed by atoms with van der Waals surface area (Å²) < 4.78 is 38.7. The molecule has 0 unspecified atom stereocenters. The Hall–Kier alpha value is -1.53. The molecule has 1 amide bonds. The summed E-state index contributed by atoms with van der Waals surface area (Å²) in [7, 11) is 2.64. The lowest BCUT2D eigenvalue weighted by atomic mass is 10.4. The maximum absolute atomic E-state index is 12.2. The predicted molar refractivity (Wildman–Crippen MR) is 105 cm³/mol. The van der Waals surface area contributed by atoms with Crippen molar-refractivity contribution in [2.24, 2.45) is 4.99 Å². The number of guanidine groups is 1. The van der Waals surface area contributed by atoms with Gasteiger partial charge >= 0.3 is 6.18 Å². The van der Waals surface area contributed by atoms with Crippen LogP contribution in [0.4, 0.5) is 13.2 Å². The van der Waals surface area contributed by atoms with Crippen molar-refractivity contribution in [2.75, 3.05) is 33.7 Å². The van der Waals surface area contributed by atoms with Crippen LogP contribution in [0.2, 0.25) is 0 Å². The smallest absolute Gasteiger partial charge is 0.356 e. The van der Waals surface area contributed by atoms with Gasteiger partial charge in [0.05, 0.1) is 12.2 Å². The molecular formula is C15H26F3IN6O. The highest BCUT2D eigenvalue weighted by Gasteiger charge is 2.31. The van der Waals surface area contributed by atoms with Crippen molar-refractivity contribution in [2.45, 2.75) is 33.0 Å². The second kappa shape index (κ2) is 11.2. The highest BCUT2D eigenvalue weighted by Crippen LogP contribution is 2.15. The summed E-state index contributed by atoms with van der Waals surface area (Å²) in [6.07, 6.45) is -3.63. The number of carbonyl (C=O) groups excluding carboxylic acids is 1. The Kier molecular flexibility index (Phi) is 10.6. The largest absolute Gasteiger partial charge is 0.406 e. The fourth-order valence-electron chi connectivity index (χ4n) is 2.21. The van der Waals surface area contributed by atoms with Crippen LogP contribution < -0.4 is 10.6 Å². The molecule has 1 rings (SSSR count). The molecule has 0 aliphatic rings. The van der Waals surface area contributed by atoms with Gasteiger partial charge in [0, 0.05) is 32.9 Å². The molecule has 0 bridgehead atoms. The first-order chi connectivity index (χ1) is 11.6. The van der Waals surface area contributed by atoms with Crippen molar-refractivity contribution in [1.82, 2.24) is 25.3 Å². The van der Waals surface area contributed by atoms with Crippen LogP contribution in [0.5, 0.6) is 0 Å². The molecule has 0 saturated heterocycles. The number of likely N-dealkylation sites (N-methyl/N-ethyl adjacent to an activating group) is 1. The van der Waals surface area contributed by atoms with Crippen LogP contribution in [-0.2, 0) is 11.3 Å². The number of nitrogens with one attached hydrogen (secondary N) is 2. The van der Waals surface area contributed by atoms with E-state index in [0.29, 0.717) is 17.4 Å². The van der Waals surface area contributed by atoms with Crippen LogP contribution >= 0.6 is 24.0 Å². The molecule has 0 aromatic carbocycles. The summed E-state index contributed by atoms with van der Waals surface area (Å²) >= 11 is 0. The number of nitrogens with zero attached hydrogens (tertiary/aromatic N) is 4. The molecule has 7 nitrogen and oxygen atoms in total. The van der Waals surface area contributed by atoms with E-state index in [9.17, 15) is 18.0 Å². The maximum atomic E-state index is 12.2. The minimum absolute atomic E-state index is 0. The zero-order chi connectivity index (χ0) is 19.0. The third-order valence-electron chi connectivity index (χ3n) is 3.42. The molecule has 0 atom stereocenters. The molecule has 150 valence electrons. The SMILES string of the molecule is CN=C(NCCCn1nc(C)cc1C)NCC(=O)N(C)CC(F)(F)F.I. The van der Waals surface area contributed by atoms with Gasteiger partial charge in [0.15, 0.2) is 5.96 Å². The molecule has 1 aromatic rings. The van der Waals surface area contributed by atoms with E-state index >= 15 is 0 Å². The molecule has 1 aromatic heterocycles. The molecule has 11 heteroatoms. The quantitative estimate of drug-likeness (QED) is 0.264. The number of rotatable bonds is 7. The third kappa shape index (κ3) is 9.25. The minimum atomic E-state index is -4.41. The zero-order valence-electron chi connectivity index (χ0n) is 15.4. The van der Waals surface area contributed by atoms with Gasteiger partial charge in [0.25, 0.3) is 0 Å². The van der Waals surface area contributed by atoms with Gasteiger partial charge in [-0.2, -0.15) is 18.3 Å². The number of halogens is 4. The van der Waals surface area contributed by atoms with E-state index in [2.05, 4.69) is 20.7 Å². The average molecular weight is 490 g/mol. The van der Waals surface area contributed by atoms with E-state index in [1.54, 1.807) is 0 Å². The van der Waals surface area contributed by atoms with Crippen LogP contribution in [0.15, 0.2) is 11.1 Å². The topological polar surface area (TPSA) is 74.5 Å². The fraction of sp³-hybridized carbons (Fsp3) is 0.667. The Bertz CT molecular complexity index is 603. The lowest BCUT2D eigenvalue weighted by Crippen LogP contribution is -2.45. The van der Waals surface area contributed by atoms with Gasteiger partial charge < -0.3 is 15.5 Å². The monoisotopic (exact) mass is 490 g/mol. The summed E-state index contributed by atoms with van der Waals surface area (Å²) in [5.74, 6) is -0.301. The van der Waals surface area contributed by atoms with E-state index in [1.807, 2.05) is 24.6 Å². The van der Waals surface area contributed by atoms with Crippen molar-refractivity contribution < 1.29 is 18.0 Å². The number of aliphatic imine (C=N–C) groups is 1. The molecule has 0 radical (unpaired) electrons. The lowest BCUT2D eigenvalue weighted by Gasteiger charge is -2.20. The summed E-state index contributed by atoms with van der Waals surface area (Å²) in [4.78, 5) is 16.2. The lowest BCUT2D eigenvalue weighted by molar-refractivity contribution is -0.157. The highest BCUT2D eigenvalue weighted by molar-refractivity contribution is 14.0. The number of amides is 1. The van der Waals surface area contributed by atoms with E-state index < -0.39 is 18.6 Å². The van der Waals surface area contributed by atoms with Crippen LogP contribution in [0.3, 0.4) is 0 Å². The summed E-state index contributed by atoms with van der Waals surface area (Å²) in [6, 6.07) is 2.00. The second-order valence-corrected chi connectivity index (χ2v) is 5.72. The van der Waals surface area contributed by atoms with Crippen LogP contribution in [0, 0.1) is 13.8 Å². The van der Waals surface area contributed by atoms with E-state index in [4.69, 9.17) is 0 Å². The van der Waals surface area contributed by atoms with E-state index in [-0.39, 0.29) is 30.5 Å². The van der Waals surface area contributed by atoms with E-state index in [0.717, 1.165) is 31.4 Å². The van der Waals surface area contributed by atoms with Gasteiger partial charge in [-0.1, -0.05) is 0 Å². The molecular weight excluding hydrogens is 464 g/mol. The zero-order valence-corrected chi connectivity index (χ0v) is 17.7. The first kappa shape index (κ1) is 24.5. The Balaban J connectivity index is 0.00000625. The first-order valence-corrected chi connectivity index (χ1v) is 7.88. The van der Waals surface area contributed by atoms with Crippen molar-refractivity contribution in [1.29, 1.82) is 0 Å². The Morgan fingerprint density at radius 2 is 2.00 bits per heavy atom. The molecule has 0 aliphatic carbocycles. The number of carbonyl (C=O) groups is 1. The Labute approximate surface area is 168 Å². The van der Waals surface area contributed by atoms with E-state index in [1.165, 1.54) is 7.05 Å². The highest BCUT2D eigenvalue weighted by atomic mass is 127. The molecule has 1 heterocycles. The standard InChI is InChI=1S/C15H25F3N6O.HI/c1-11-8-12(2)24(22-11)7-5-6-20-14(19-3)21-9-13(25)23(4)10-15(16,17)18;/h8H,5-7,9-10H2,1-4H3,(H2,19,20,21);1H. The van der Waals surface area contributed by atoms with Gasteiger partial charge in [-0.25, -0.2) is 0 Å². The molecule has 26 heavy (non-hydrogen) atoms. The van der Waals surface area contributed by atoms with Crippen LogP contribution in [0.25, 0.3) is 0 Å². The Morgan fingerprint density at radius 1 is 1.35 bits per heavy atom. The molecule has 0 aliphatic heterocycles. The number of aryl methyl sites for hydroxylation is 3. The van der Waals surface area contributed by atoms with Gasteiger partial charge in [-0.15, -0.1) is 24.0 Å². The van der Waals surface area contributed by atoms with Crippen molar-refractivity contribution in [3.05, 3.63) is 17.5 Å². The number of alkyl halides is 3. The average Bonchev–Trinajstić information content (AvgIpc) is 2.82. The van der Waals surface area contributed by atoms with Crippen molar-refractivity contribution in [3.63, 3.8) is 0 Å². The molecule has 2 N–H and O–H groups in total. The summed E-state index contributed by atoms with van der Waals surface area (Å²) in [5, 5.41) is 10.1. The number of aromatic nitrogens is 2. The number of hydrogen-bond acceptors (Lipinski definition) is 3. The second-order valence-electron chi connectivity index (χ2n) is 5.72. The van der Waals surface area contributed by atoms with Gasteiger partial charge in [0.2, 0.25) is 5.91 Å². The normalized spacial score (nSPS) is 11.7. The predicted octanol–water partition coefficient (Wildman–Crippen LogP) is 1.69. The molecule has 0 spiro atoms. The maximum Gasteiger partial charge on any atom is 0.406 e. The molecule has 0 saturated carbocycles.